The first-order valence-corrected chi connectivity index (χ1v) is 10.5. The van der Waals surface area contributed by atoms with Crippen LogP contribution in [0.3, 0.4) is 0 Å². The molecule has 6 unspecified atom stereocenters. The summed E-state index contributed by atoms with van der Waals surface area (Å²) in [6.07, 6.45) is 24.9. The van der Waals surface area contributed by atoms with E-state index in [0.29, 0.717) is 0 Å². The molecule has 0 heterocycles. The SMILES string of the molecule is CCCCCCCCCCC12CCC(C1)C1C3C=CC(C3)C12. The molecular weight excluding hydrogens is 264 g/mol. The van der Waals surface area contributed by atoms with Gasteiger partial charge in [0, 0.05) is 0 Å². The Hall–Kier alpha value is -0.260. The van der Waals surface area contributed by atoms with Gasteiger partial charge in [-0.15, -0.1) is 0 Å². The number of hydrogen-bond donors (Lipinski definition) is 0. The van der Waals surface area contributed by atoms with Crippen molar-refractivity contribution in [2.24, 2.45) is 35.0 Å². The molecule has 4 aliphatic carbocycles. The molecule has 3 fully saturated rings. The van der Waals surface area contributed by atoms with E-state index in [1.165, 1.54) is 57.8 Å². The van der Waals surface area contributed by atoms with Crippen molar-refractivity contribution in [3.8, 4) is 0 Å². The van der Waals surface area contributed by atoms with Crippen LogP contribution in [0.4, 0.5) is 0 Å². The molecule has 0 heteroatoms. The second-order valence-electron chi connectivity index (χ2n) is 9.14. The predicted molar refractivity (Wildman–Crippen MR) is 94.7 cm³/mol. The lowest BCUT2D eigenvalue weighted by Crippen LogP contribution is -2.33. The molecule has 0 aliphatic heterocycles. The van der Waals surface area contributed by atoms with Crippen molar-refractivity contribution in [3.63, 3.8) is 0 Å². The third kappa shape index (κ3) is 2.49. The summed E-state index contributed by atoms with van der Waals surface area (Å²) in [7, 11) is 0. The summed E-state index contributed by atoms with van der Waals surface area (Å²) >= 11 is 0. The van der Waals surface area contributed by atoms with Gasteiger partial charge in [-0.2, -0.15) is 0 Å². The Kier molecular flexibility index (Phi) is 4.39. The number of unbranched alkanes of at least 4 members (excludes halogenated alkanes) is 7. The van der Waals surface area contributed by atoms with Crippen LogP contribution in [0.2, 0.25) is 0 Å². The lowest BCUT2D eigenvalue weighted by atomic mass is 9.64. The third-order valence-corrected chi connectivity index (χ3v) is 7.98. The van der Waals surface area contributed by atoms with Crippen LogP contribution in [0, 0.1) is 35.0 Å². The fraction of sp³-hybridized carbons (Fsp3) is 0.909. The van der Waals surface area contributed by atoms with Crippen LogP contribution in [0.5, 0.6) is 0 Å². The number of allylic oxidation sites excluding steroid dienone is 2. The van der Waals surface area contributed by atoms with Gasteiger partial charge in [0.25, 0.3) is 0 Å². The Morgan fingerprint density at radius 2 is 1.64 bits per heavy atom. The zero-order valence-corrected chi connectivity index (χ0v) is 14.7. The topological polar surface area (TPSA) is 0 Å². The average molecular weight is 301 g/mol. The van der Waals surface area contributed by atoms with Crippen molar-refractivity contribution < 1.29 is 0 Å². The summed E-state index contributed by atoms with van der Waals surface area (Å²) in [5, 5.41) is 0. The summed E-state index contributed by atoms with van der Waals surface area (Å²) in [5.41, 5.74) is 0.807. The molecule has 4 bridgehead atoms. The third-order valence-electron chi connectivity index (χ3n) is 7.98. The lowest BCUT2D eigenvalue weighted by molar-refractivity contribution is 0.103. The molecule has 0 aromatic carbocycles. The van der Waals surface area contributed by atoms with Gasteiger partial charge in [0.1, 0.15) is 0 Å². The maximum atomic E-state index is 2.61. The molecule has 0 spiro atoms. The largest absolute Gasteiger partial charge is 0.0848 e. The van der Waals surface area contributed by atoms with Crippen molar-refractivity contribution in [1.82, 2.24) is 0 Å². The molecule has 4 rings (SSSR count). The molecule has 0 aromatic rings. The smallest absolute Gasteiger partial charge is 0.0191 e. The maximum Gasteiger partial charge on any atom is -0.0191 e. The summed E-state index contributed by atoms with van der Waals surface area (Å²) in [6.45, 7) is 2.31. The average Bonchev–Trinajstić information content (AvgIpc) is 3.28. The Labute approximate surface area is 138 Å². The fourth-order valence-electron chi connectivity index (χ4n) is 7.20. The van der Waals surface area contributed by atoms with Crippen LogP contribution in [0.15, 0.2) is 12.2 Å². The van der Waals surface area contributed by atoms with Crippen molar-refractivity contribution in [2.45, 2.75) is 90.4 Å². The van der Waals surface area contributed by atoms with Gasteiger partial charge in [0.05, 0.1) is 0 Å². The van der Waals surface area contributed by atoms with Crippen molar-refractivity contribution in [2.75, 3.05) is 0 Å². The predicted octanol–water partition coefficient (Wildman–Crippen LogP) is 6.76. The number of rotatable bonds is 9. The maximum absolute atomic E-state index is 2.61. The molecule has 0 radical (unpaired) electrons. The van der Waals surface area contributed by atoms with Gasteiger partial charge in [-0.3, -0.25) is 0 Å². The summed E-state index contributed by atoms with van der Waals surface area (Å²) in [5.74, 6) is 5.36. The van der Waals surface area contributed by atoms with Crippen molar-refractivity contribution in [1.29, 1.82) is 0 Å². The molecule has 0 nitrogen and oxygen atoms in total. The van der Waals surface area contributed by atoms with Gasteiger partial charge in [0.2, 0.25) is 0 Å². The monoisotopic (exact) mass is 300 g/mol. The van der Waals surface area contributed by atoms with E-state index >= 15 is 0 Å². The first-order chi connectivity index (χ1) is 10.8. The quantitative estimate of drug-likeness (QED) is 0.251. The van der Waals surface area contributed by atoms with Gasteiger partial charge in [-0.05, 0) is 67.1 Å². The summed E-state index contributed by atoms with van der Waals surface area (Å²) in [4.78, 5) is 0. The highest BCUT2D eigenvalue weighted by molar-refractivity contribution is 5.22. The fourth-order valence-corrected chi connectivity index (χ4v) is 7.20. The molecule has 4 aliphatic rings. The minimum absolute atomic E-state index is 0.807. The minimum Gasteiger partial charge on any atom is -0.0848 e. The van der Waals surface area contributed by atoms with Crippen LogP contribution < -0.4 is 0 Å². The molecule has 124 valence electrons. The molecule has 3 saturated carbocycles. The van der Waals surface area contributed by atoms with Gasteiger partial charge in [-0.25, -0.2) is 0 Å². The molecule has 0 N–H and O–H groups in total. The minimum atomic E-state index is 0.807. The van der Waals surface area contributed by atoms with Crippen LogP contribution in [0.1, 0.15) is 90.4 Å². The van der Waals surface area contributed by atoms with E-state index in [-0.39, 0.29) is 0 Å². The first kappa shape index (κ1) is 15.3. The van der Waals surface area contributed by atoms with Gasteiger partial charge < -0.3 is 0 Å². The lowest BCUT2D eigenvalue weighted by Gasteiger charge is -2.40. The van der Waals surface area contributed by atoms with Crippen molar-refractivity contribution in [3.05, 3.63) is 12.2 Å². The highest BCUT2D eigenvalue weighted by atomic mass is 14.7. The van der Waals surface area contributed by atoms with Crippen LogP contribution in [-0.4, -0.2) is 0 Å². The number of fused-ring (bicyclic) bond motifs is 9. The zero-order valence-electron chi connectivity index (χ0n) is 14.7. The standard InChI is InChI=1S/C22H36/c1-2-3-4-5-6-7-8-9-13-22-14-12-19(16-22)20-17-10-11-18(15-17)21(20)22/h10-11,17-21H,2-9,12-16H2,1H3. The van der Waals surface area contributed by atoms with Gasteiger partial charge in [-0.1, -0.05) is 70.4 Å². The Morgan fingerprint density at radius 3 is 2.45 bits per heavy atom. The highest BCUT2D eigenvalue weighted by Gasteiger charge is 2.64. The number of hydrogen-bond acceptors (Lipinski definition) is 0. The molecule has 22 heavy (non-hydrogen) atoms. The molecule has 0 aromatic heterocycles. The first-order valence-electron chi connectivity index (χ1n) is 10.5. The van der Waals surface area contributed by atoms with Crippen LogP contribution in [0.25, 0.3) is 0 Å². The molecule has 0 saturated heterocycles. The van der Waals surface area contributed by atoms with Gasteiger partial charge >= 0.3 is 0 Å². The normalized spacial score (nSPS) is 44.1. The van der Waals surface area contributed by atoms with E-state index < -0.39 is 0 Å². The van der Waals surface area contributed by atoms with Crippen LogP contribution >= 0.6 is 0 Å². The second kappa shape index (κ2) is 6.33. The van der Waals surface area contributed by atoms with E-state index in [2.05, 4.69) is 19.1 Å². The van der Waals surface area contributed by atoms with E-state index in [4.69, 9.17) is 0 Å². The van der Waals surface area contributed by atoms with E-state index in [1.807, 2.05) is 0 Å². The summed E-state index contributed by atoms with van der Waals surface area (Å²) < 4.78 is 0. The second-order valence-corrected chi connectivity index (χ2v) is 9.14. The summed E-state index contributed by atoms with van der Waals surface area (Å²) in [6, 6.07) is 0. The zero-order chi connectivity index (χ0) is 15.0. The van der Waals surface area contributed by atoms with E-state index in [1.54, 1.807) is 25.7 Å². The Morgan fingerprint density at radius 1 is 0.909 bits per heavy atom. The Balaban J connectivity index is 1.23. The highest BCUT2D eigenvalue weighted by Crippen LogP contribution is 2.72. The Bertz CT molecular complexity index is 408. The van der Waals surface area contributed by atoms with E-state index in [9.17, 15) is 0 Å². The van der Waals surface area contributed by atoms with Gasteiger partial charge in [0.15, 0.2) is 0 Å². The molecule has 6 atom stereocenters. The molecule has 0 amide bonds. The van der Waals surface area contributed by atoms with Crippen LogP contribution in [-0.2, 0) is 0 Å². The van der Waals surface area contributed by atoms with E-state index in [0.717, 1.165) is 35.0 Å². The van der Waals surface area contributed by atoms with Crippen molar-refractivity contribution >= 4 is 0 Å². The molecular formula is C22H36.